The Kier molecular flexibility index (Phi) is 9.75. The average Bonchev–Trinajstić information content (AvgIpc) is 3.80. The van der Waals surface area contributed by atoms with Gasteiger partial charge < -0.3 is 15.2 Å². The van der Waals surface area contributed by atoms with Crippen LogP contribution in [0.1, 0.15) is 145 Å². The van der Waals surface area contributed by atoms with Crippen molar-refractivity contribution in [1.82, 2.24) is 5.32 Å². The fourth-order valence-corrected chi connectivity index (χ4v) is 13.8. The first-order valence-corrected chi connectivity index (χ1v) is 21.4. The Morgan fingerprint density at radius 1 is 0.945 bits per heavy atom. The van der Waals surface area contributed by atoms with Crippen LogP contribution in [-0.4, -0.2) is 34.8 Å². The first-order valence-electron chi connectivity index (χ1n) is 21.0. The normalized spacial score (nSPS) is 37.5. The number of rotatable bonds is 9. The van der Waals surface area contributed by atoms with E-state index in [2.05, 4.69) is 59.9 Å². The first kappa shape index (κ1) is 40.3. The number of benzene rings is 1. The molecular formula is C47H64ClNO6. The molecule has 0 heterocycles. The van der Waals surface area contributed by atoms with Crippen molar-refractivity contribution in [3.63, 3.8) is 0 Å². The molecule has 6 aliphatic rings. The maximum absolute atomic E-state index is 14.1. The summed E-state index contributed by atoms with van der Waals surface area (Å²) in [5.41, 5.74) is 1.24. The zero-order valence-corrected chi connectivity index (χ0v) is 35.5. The molecule has 0 bridgehead atoms. The lowest BCUT2D eigenvalue weighted by molar-refractivity contribution is -0.232. The molecule has 5 saturated carbocycles. The number of halogens is 1. The number of ketones is 1. The summed E-state index contributed by atoms with van der Waals surface area (Å²) in [7, 11) is 0. The van der Waals surface area contributed by atoms with E-state index in [0.29, 0.717) is 23.3 Å². The number of ether oxygens (including phenoxy) is 1. The number of hydrogen-bond acceptors (Lipinski definition) is 5. The standard InChI is InChI=1S/C47H64ClNO6/c1-28(2)38-32(50)26-46(20-17-36(51)49-47(23-24-47)29-11-10-12-30(48)25-29)22-21-44(8)31(39(38)46)13-14-34-43(7)18-16-35(55-37(52)27-41(3,4)40(53)54)42(5,6)33(43)15-19-45(34,44)9/h10-12,17,20,25,28,31,33-35H,13-16,18-19,21-24,26-27H2,1-9H3,(H,49,51)(H,53,54)/b20-17+/t31-,33+,34-,35+,43+,44-,45?,46+/m1/s1. The molecule has 7 nitrogen and oxygen atoms in total. The van der Waals surface area contributed by atoms with E-state index in [4.69, 9.17) is 16.3 Å². The number of aliphatic carboxylic acids is 1. The van der Waals surface area contributed by atoms with Crippen molar-refractivity contribution in [2.75, 3.05) is 0 Å². The van der Waals surface area contributed by atoms with E-state index < -0.39 is 22.8 Å². The minimum atomic E-state index is -1.17. The van der Waals surface area contributed by atoms with Crippen LogP contribution in [0.15, 0.2) is 47.6 Å². The van der Waals surface area contributed by atoms with E-state index in [-0.39, 0.29) is 63.2 Å². The highest BCUT2D eigenvalue weighted by Gasteiger charge is 2.70. The van der Waals surface area contributed by atoms with E-state index in [9.17, 15) is 24.3 Å². The highest BCUT2D eigenvalue weighted by molar-refractivity contribution is 6.30. The minimum absolute atomic E-state index is 0.00981. The Morgan fingerprint density at radius 3 is 2.29 bits per heavy atom. The van der Waals surface area contributed by atoms with E-state index in [1.807, 2.05) is 24.3 Å². The zero-order chi connectivity index (χ0) is 40.1. The Labute approximate surface area is 333 Å². The number of Topliss-reactive ketones (excluding diaryl/α,β-unsaturated/α-hetero) is 1. The fourth-order valence-electron chi connectivity index (χ4n) is 13.6. The number of esters is 1. The van der Waals surface area contributed by atoms with Crippen LogP contribution in [0.2, 0.25) is 5.02 Å². The van der Waals surface area contributed by atoms with Crippen LogP contribution in [0.3, 0.4) is 0 Å². The smallest absolute Gasteiger partial charge is 0.309 e. The molecule has 0 saturated heterocycles. The molecule has 0 spiro atoms. The summed E-state index contributed by atoms with van der Waals surface area (Å²) in [4.78, 5) is 52.6. The number of carbonyl (C=O) groups is 4. The van der Waals surface area contributed by atoms with Gasteiger partial charge in [-0.2, -0.15) is 0 Å². The lowest BCUT2D eigenvalue weighted by Crippen LogP contribution is -2.65. The molecule has 2 N–H and O–H groups in total. The lowest BCUT2D eigenvalue weighted by atomic mass is 9.33. The third-order valence-electron chi connectivity index (χ3n) is 16.9. The van der Waals surface area contributed by atoms with Crippen molar-refractivity contribution in [1.29, 1.82) is 0 Å². The monoisotopic (exact) mass is 773 g/mol. The van der Waals surface area contributed by atoms with E-state index >= 15 is 0 Å². The number of hydrogen-bond donors (Lipinski definition) is 2. The van der Waals surface area contributed by atoms with Crippen molar-refractivity contribution in [2.45, 2.75) is 151 Å². The number of carbonyl (C=O) groups excluding carboxylic acids is 3. The van der Waals surface area contributed by atoms with Crippen LogP contribution in [0.5, 0.6) is 0 Å². The molecular weight excluding hydrogens is 710 g/mol. The molecule has 55 heavy (non-hydrogen) atoms. The summed E-state index contributed by atoms with van der Waals surface area (Å²) < 4.78 is 6.17. The third-order valence-corrected chi connectivity index (χ3v) is 17.1. The number of carboxylic acid groups (broad SMARTS) is 1. The van der Waals surface area contributed by atoms with Crippen molar-refractivity contribution < 1.29 is 29.0 Å². The number of amides is 1. The van der Waals surface area contributed by atoms with Gasteiger partial charge in [0.1, 0.15) is 6.10 Å². The van der Waals surface area contributed by atoms with Gasteiger partial charge in [-0.1, -0.05) is 78.3 Å². The topological polar surface area (TPSA) is 110 Å². The molecule has 300 valence electrons. The lowest BCUT2D eigenvalue weighted by Gasteiger charge is -2.72. The summed E-state index contributed by atoms with van der Waals surface area (Å²) in [5.74, 6) is -0.0463. The van der Waals surface area contributed by atoms with Gasteiger partial charge in [0.05, 0.1) is 17.4 Å². The van der Waals surface area contributed by atoms with Crippen LogP contribution in [0, 0.1) is 56.2 Å². The third kappa shape index (κ3) is 6.27. The molecule has 6 aliphatic carbocycles. The van der Waals surface area contributed by atoms with Crippen LogP contribution < -0.4 is 5.32 Å². The molecule has 1 aromatic rings. The van der Waals surface area contributed by atoms with Gasteiger partial charge in [-0.15, -0.1) is 0 Å². The minimum Gasteiger partial charge on any atom is -0.481 e. The van der Waals surface area contributed by atoms with E-state index in [1.165, 1.54) is 5.57 Å². The Balaban J connectivity index is 1.15. The molecule has 8 heteroatoms. The second-order valence-electron chi connectivity index (χ2n) is 21.0. The Hall–Kier alpha value is -2.93. The van der Waals surface area contributed by atoms with Crippen LogP contribution >= 0.6 is 11.6 Å². The van der Waals surface area contributed by atoms with Gasteiger partial charge in [-0.3, -0.25) is 19.2 Å². The molecule has 0 radical (unpaired) electrons. The van der Waals surface area contributed by atoms with Crippen LogP contribution in [0.4, 0.5) is 0 Å². The van der Waals surface area contributed by atoms with Crippen molar-refractivity contribution in [3.05, 3.63) is 58.1 Å². The molecule has 1 aromatic carbocycles. The fraction of sp³-hybridized carbons (Fsp3) is 0.702. The van der Waals surface area contributed by atoms with Gasteiger partial charge in [0.2, 0.25) is 5.91 Å². The predicted octanol–water partition coefficient (Wildman–Crippen LogP) is 10.4. The van der Waals surface area contributed by atoms with Gasteiger partial charge in [0, 0.05) is 22.3 Å². The van der Waals surface area contributed by atoms with Gasteiger partial charge in [-0.25, -0.2) is 0 Å². The highest BCUT2D eigenvalue weighted by atomic mass is 35.5. The summed E-state index contributed by atoms with van der Waals surface area (Å²) in [6, 6.07) is 7.77. The molecule has 1 unspecified atom stereocenters. The summed E-state index contributed by atoms with van der Waals surface area (Å²) >= 11 is 6.32. The predicted molar refractivity (Wildman–Crippen MR) is 215 cm³/mol. The van der Waals surface area contributed by atoms with Crippen LogP contribution in [0.25, 0.3) is 0 Å². The zero-order valence-electron chi connectivity index (χ0n) is 34.7. The average molecular weight is 774 g/mol. The first-order chi connectivity index (χ1) is 25.6. The van der Waals surface area contributed by atoms with Crippen molar-refractivity contribution in [2.24, 2.45) is 56.2 Å². The number of allylic oxidation sites excluding steroid dienone is 3. The molecule has 8 atom stereocenters. The van der Waals surface area contributed by atoms with E-state index in [1.54, 1.807) is 19.9 Å². The largest absolute Gasteiger partial charge is 0.481 e. The number of nitrogens with one attached hydrogen (secondary N) is 1. The molecule has 0 aromatic heterocycles. The Morgan fingerprint density at radius 2 is 1.65 bits per heavy atom. The summed E-state index contributed by atoms with van der Waals surface area (Å²) in [5, 5.41) is 13.6. The van der Waals surface area contributed by atoms with Crippen molar-refractivity contribution >= 4 is 35.2 Å². The molecule has 7 rings (SSSR count). The van der Waals surface area contributed by atoms with Gasteiger partial charge in [0.25, 0.3) is 0 Å². The van der Waals surface area contributed by atoms with Crippen LogP contribution in [-0.2, 0) is 29.5 Å². The summed E-state index contributed by atoms with van der Waals surface area (Å²) in [6.45, 7) is 19.6. The molecule has 1 amide bonds. The quantitative estimate of drug-likeness (QED) is 0.191. The van der Waals surface area contributed by atoms with Gasteiger partial charge in [0.15, 0.2) is 5.78 Å². The van der Waals surface area contributed by atoms with Gasteiger partial charge >= 0.3 is 11.9 Å². The maximum Gasteiger partial charge on any atom is 0.309 e. The highest BCUT2D eigenvalue weighted by Crippen LogP contribution is 2.77. The second kappa shape index (κ2) is 13.3. The molecule has 0 aliphatic heterocycles. The van der Waals surface area contributed by atoms with Crippen molar-refractivity contribution in [3.8, 4) is 0 Å². The van der Waals surface area contributed by atoms with Gasteiger partial charge in [-0.05, 0) is 153 Å². The molecule has 5 fully saturated rings. The van der Waals surface area contributed by atoms with E-state index in [0.717, 1.165) is 75.3 Å². The number of fused-ring (bicyclic) bond motifs is 7. The Bertz CT molecular complexity index is 1850. The maximum atomic E-state index is 14.1. The number of carboxylic acids is 1. The second-order valence-corrected chi connectivity index (χ2v) is 21.4. The summed E-state index contributed by atoms with van der Waals surface area (Å²) in [6.07, 6.45) is 13.5. The SMILES string of the molecule is CC(C)C1=C2[C@H]3CC[C@H]4C(C)(CC[C@H]5C(C)(C)[C@@H](OC(=O)CC(C)(C)C(=O)O)CC[C@@]54C)[C@]3(C)CC[C@@]2(/C=C/C(=O)NC2(c3cccc(Cl)c3)CC2)CC1=O.